The molecular formula is C11H13NO2. The number of rotatable bonds is 3. The maximum Gasteiger partial charge on any atom is 0.338 e. The quantitative estimate of drug-likeness (QED) is 0.730. The van der Waals surface area contributed by atoms with Crippen LogP contribution < -0.4 is 5.32 Å². The number of nitrogens with one attached hydrogen (secondary N) is 1. The highest BCUT2D eigenvalue weighted by molar-refractivity contribution is 5.89. The summed E-state index contributed by atoms with van der Waals surface area (Å²) in [5.74, 6) is -0.237. The molecule has 14 heavy (non-hydrogen) atoms. The van der Waals surface area contributed by atoms with Crippen LogP contribution in [0, 0.1) is 0 Å². The van der Waals surface area contributed by atoms with Gasteiger partial charge < -0.3 is 10.1 Å². The second kappa shape index (κ2) is 4.24. The van der Waals surface area contributed by atoms with E-state index in [0.29, 0.717) is 18.2 Å². The third-order valence-electron chi connectivity index (χ3n) is 2.35. The predicted octanol–water partition coefficient (Wildman–Crippen LogP) is 1.21. The fourth-order valence-corrected chi connectivity index (χ4v) is 1.32. The van der Waals surface area contributed by atoms with Gasteiger partial charge in [-0.05, 0) is 25.1 Å². The van der Waals surface area contributed by atoms with Crippen LogP contribution in [0.2, 0.25) is 0 Å². The van der Waals surface area contributed by atoms with Gasteiger partial charge >= 0.3 is 5.97 Å². The van der Waals surface area contributed by atoms with Crippen molar-refractivity contribution in [1.29, 1.82) is 0 Å². The lowest BCUT2D eigenvalue weighted by molar-refractivity contribution is 0.0428. The van der Waals surface area contributed by atoms with Gasteiger partial charge in [-0.1, -0.05) is 18.2 Å². The average molecular weight is 191 g/mol. The Morgan fingerprint density at radius 3 is 2.71 bits per heavy atom. The van der Waals surface area contributed by atoms with Gasteiger partial charge in [0.25, 0.3) is 0 Å². The molecule has 74 valence electrons. The maximum atomic E-state index is 11.4. The Morgan fingerprint density at radius 2 is 2.14 bits per heavy atom. The molecule has 1 aromatic carbocycles. The minimum atomic E-state index is -0.237. The van der Waals surface area contributed by atoms with Gasteiger partial charge in [0.1, 0.15) is 6.61 Å². The van der Waals surface area contributed by atoms with Crippen LogP contribution in [-0.2, 0) is 4.74 Å². The fraction of sp³-hybridized carbons (Fsp3) is 0.364. The summed E-state index contributed by atoms with van der Waals surface area (Å²) in [4.78, 5) is 11.4. The Labute approximate surface area is 83.1 Å². The molecule has 0 radical (unpaired) electrons. The number of carbonyl (C=O) groups excluding carboxylic acids is 1. The smallest absolute Gasteiger partial charge is 0.338 e. The zero-order chi connectivity index (χ0) is 9.80. The standard InChI is InChI=1S/C11H13NO2/c13-11(9-4-2-1-3-5-9)14-8-10-6-7-12-10/h1-5,10,12H,6-8H2. The maximum absolute atomic E-state index is 11.4. The molecule has 1 aromatic rings. The summed E-state index contributed by atoms with van der Waals surface area (Å²) in [7, 11) is 0. The molecule has 0 aliphatic carbocycles. The van der Waals surface area contributed by atoms with Crippen LogP contribution >= 0.6 is 0 Å². The van der Waals surface area contributed by atoms with Gasteiger partial charge in [-0.3, -0.25) is 0 Å². The first-order chi connectivity index (χ1) is 6.86. The zero-order valence-electron chi connectivity index (χ0n) is 7.90. The second-order valence-corrected chi connectivity index (χ2v) is 3.40. The third-order valence-corrected chi connectivity index (χ3v) is 2.35. The van der Waals surface area contributed by atoms with Gasteiger partial charge in [0, 0.05) is 6.04 Å². The van der Waals surface area contributed by atoms with Crippen LogP contribution in [0.15, 0.2) is 30.3 Å². The van der Waals surface area contributed by atoms with E-state index in [9.17, 15) is 4.79 Å². The number of hydrogen-bond acceptors (Lipinski definition) is 3. The number of benzene rings is 1. The van der Waals surface area contributed by atoms with Crippen molar-refractivity contribution in [2.45, 2.75) is 12.5 Å². The second-order valence-electron chi connectivity index (χ2n) is 3.40. The lowest BCUT2D eigenvalue weighted by Crippen LogP contribution is -2.46. The Morgan fingerprint density at radius 1 is 1.43 bits per heavy atom. The first kappa shape index (κ1) is 9.21. The summed E-state index contributed by atoms with van der Waals surface area (Å²) in [5, 5.41) is 3.18. The van der Waals surface area contributed by atoms with E-state index in [0.717, 1.165) is 13.0 Å². The van der Waals surface area contributed by atoms with Crippen molar-refractivity contribution >= 4 is 5.97 Å². The Bertz CT molecular complexity index is 306. The van der Waals surface area contributed by atoms with Crippen LogP contribution in [0.5, 0.6) is 0 Å². The lowest BCUT2D eigenvalue weighted by Gasteiger charge is -2.26. The summed E-state index contributed by atoms with van der Waals surface area (Å²) < 4.78 is 5.13. The van der Waals surface area contributed by atoms with E-state index in [2.05, 4.69) is 5.32 Å². The molecule has 0 aromatic heterocycles. The predicted molar refractivity (Wildman–Crippen MR) is 53.1 cm³/mol. The van der Waals surface area contributed by atoms with Crippen molar-refractivity contribution < 1.29 is 9.53 Å². The van der Waals surface area contributed by atoms with Gasteiger partial charge in [0.15, 0.2) is 0 Å². The molecule has 1 aliphatic rings. The number of esters is 1. The van der Waals surface area contributed by atoms with Gasteiger partial charge in [0.2, 0.25) is 0 Å². The lowest BCUT2D eigenvalue weighted by atomic mass is 10.1. The van der Waals surface area contributed by atoms with Gasteiger partial charge in [-0.15, -0.1) is 0 Å². The number of carbonyl (C=O) groups is 1. The van der Waals surface area contributed by atoms with Crippen LogP contribution in [-0.4, -0.2) is 25.2 Å². The summed E-state index contributed by atoms with van der Waals surface area (Å²) in [6, 6.07) is 9.43. The SMILES string of the molecule is O=C(OCC1CCN1)c1ccccc1. The number of hydrogen-bond donors (Lipinski definition) is 1. The van der Waals surface area contributed by atoms with Gasteiger partial charge in [-0.2, -0.15) is 0 Å². The highest BCUT2D eigenvalue weighted by atomic mass is 16.5. The molecule has 1 atom stereocenters. The molecular weight excluding hydrogens is 178 g/mol. The molecule has 1 saturated heterocycles. The zero-order valence-corrected chi connectivity index (χ0v) is 7.90. The van der Waals surface area contributed by atoms with Crippen molar-refractivity contribution in [1.82, 2.24) is 5.32 Å². The molecule has 1 aliphatic heterocycles. The molecule has 0 spiro atoms. The average Bonchev–Trinajstić information content (AvgIpc) is 2.16. The Hall–Kier alpha value is -1.35. The van der Waals surface area contributed by atoms with Crippen molar-refractivity contribution in [2.75, 3.05) is 13.2 Å². The molecule has 3 heteroatoms. The van der Waals surface area contributed by atoms with Crippen molar-refractivity contribution in [3.8, 4) is 0 Å². The Balaban J connectivity index is 1.83. The van der Waals surface area contributed by atoms with Crippen LogP contribution in [0.1, 0.15) is 16.8 Å². The topological polar surface area (TPSA) is 38.3 Å². The van der Waals surface area contributed by atoms with E-state index in [-0.39, 0.29) is 5.97 Å². The van der Waals surface area contributed by atoms with Crippen LogP contribution in [0.25, 0.3) is 0 Å². The monoisotopic (exact) mass is 191 g/mol. The Kier molecular flexibility index (Phi) is 2.79. The molecule has 2 rings (SSSR count). The molecule has 1 N–H and O–H groups in total. The first-order valence-electron chi connectivity index (χ1n) is 4.82. The van der Waals surface area contributed by atoms with E-state index < -0.39 is 0 Å². The van der Waals surface area contributed by atoms with Gasteiger partial charge in [-0.25, -0.2) is 4.79 Å². The molecule has 0 amide bonds. The summed E-state index contributed by atoms with van der Waals surface area (Å²) in [6.07, 6.45) is 1.10. The van der Waals surface area contributed by atoms with E-state index >= 15 is 0 Å². The van der Waals surface area contributed by atoms with Crippen molar-refractivity contribution in [3.63, 3.8) is 0 Å². The molecule has 1 fully saturated rings. The minimum Gasteiger partial charge on any atom is -0.460 e. The molecule has 3 nitrogen and oxygen atoms in total. The van der Waals surface area contributed by atoms with Crippen molar-refractivity contribution in [3.05, 3.63) is 35.9 Å². The van der Waals surface area contributed by atoms with Crippen molar-refractivity contribution in [2.24, 2.45) is 0 Å². The third kappa shape index (κ3) is 2.12. The van der Waals surface area contributed by atoms with Crippen LogP contribution in [0.4, 0.5) is 0 Å². The molecule has 0 saturated carbocycles. The fourth-order valence-electron chi connectivity index (χ4n) is 1.32. The first-order valence-corrected chi connectivity index (χ1v) is 4.82. The van der Waals surface area contributed by atoms with E-state index in [1.807, 2.05) is 18.2 Å². The minimum absolute atomic E-state index is 0.237. The number of ether oxygens (including phenoxy) is 1. The van der Waals surface area contributed by atoms with Gasteiger partial charge in [0.05, 0.1) is 5.56 Å². The summed E-state index contributed by atoms with van der Waals surface area (Å²) in [5.41, 5.74) is 0.617. The molecule has 1 unspecified atom stereocenters. The summed E-state index contributed by atoms with van der Waals surface area (Å²) >= 11 is 0. The van der Waals surface area contributed by atoms with E-state index in [1.165, 1.54) is 0 Å². The molecule has 0 bridgehead atoms. The highest BCUT2D eigenvalue weighted by Gasteiger charge is 2.18. The highest BCUT2D eigenvalue weighted by Crippen LogP contribution is 2.05. The summed E-state index contributed by atoms with van der Waals surface area (Å²) in [6.45, 7) is 1.52. The molecule has 1 heterocycles. The van der Waals surface area contributed by atoms with E-state index in [1.54, 1.807) is 12.1 Å². The normalized spacial score (nSPS) is 19.9. The van der Waals surface area contributed by atoms with E-state index in [4.69, 9.17) is 4.74 Å². The largest absolute Gasteiger partial charge is 0.460 e. The van der Waals surface area contributed by atoms with Crippen LogP contribution in [0.3, 0.4) is 0 Å².